The van der Waals surface area contributed by atoms with Crippen LogP contribution in [0.1, 0.15) is 30.5 Å². The standard InChI is InChI=1S/C21H19ClN4O3S/c1-12-8-9-18-16(10-12)21(26(14(3)28)24-20(30-21)23-13(2)27)19(29)25(18)11-15-6-4-5-7-17(15)22/h4-10H,11H2,1-3H3,(H,23,24,27)/t21-/m1/s1. The van der Waals surface area contributed by atoms with Crippen molar-refractivity contribution in [3.8, 4) is 0 Å². The van der Waals surface area contributed by atoms with Gasteiger partial charge in [0.05, 0.1) is 12.2 Å². The van der Waals surface area contributed by atoms with Crippen molar-refractivity contribution in [1.29, 1.82) is 0 Å². The number of amides is 3. The fourth-order valence-electron chi connectivity index (χ4n) is 3.68. The number of rotatable bonds is 2. The molecule has 1 atom stereocenters. The van der Waals surface area contributed by atoms with Crippen molar-refractivity contribution in [3.63, 3.8) is 0 Å². The van der Waals surface area contributed by atoms with Crippen LogP contribution >= 0.6 is 23.4 Å². The monoisotopic (exact) mass is 442 g/mol. The van der Waals surface area contributed by atoms with Crippen molar-refractivity contribution < 1.29 is 14.4 Å². The van der Waals surface area contributed by atoms with Crippen LogP contribution in [0.15, 0.2) is 47.6 Å². The van der Waals surface area contributed by atoms with E-state index >= 15 is 0 Å². The predicted octanol–water partition coefficient (Wildman–Crippen LogP) is 3.35. The van der Waals surface area contributed by atoms with E-state index in [1.165, 1.54) is 13.8 Å². The van der Waals surface area contributed by atoms with Crippen molar-refractivity contribution in [2.45, 2.75) is 32.2 Å². The quantitative estimate of drug-likeness (QED) is 0.773. The normalized spacial score (nSPS) is 19.9. The summed E-state index contributed by atoms with van der Waals surface area (Å²) < 4.78 is 0. The highest BCUT2D eigenvalue weighted by atomic mass is 35.5. The number of thioether (sulfide) groups is 1. The van der Waals surface area contributed by atoms with Gasteiger partial charge in [-0.05, 0) is 36.4 Å². The molecule has 4 rings (SSSR count). The molecule has 0 fully saturated rings. The molecule has 9 heteroatoms. The number of hydrogen-bond acceptors (Lipinski definition) is 5. The number of hydrogen-bond donors (Lipinski definition) is 1. The summed E-state index contributed by atoms with van der Waals surface area (Å²) in [6.07, 6.45) is 0. The van der Waals surface area contributed by atoms with E-state index in [-0.39, 0.29) is 23.5 Å². The summed E-state index contributed by atoms with van der Waals surface area (Å²) in [7, 11) is 0. The minimum absolute atomic E-state index is 0.207. The third kappa shape index (κ3) is 3.16. The summed E-state index contributed by atoms with van der Waals surface area (Å²) in [5.74, 6) is -1.04. The lowest BCUT2D eigenvalue weighted by Crippen LogP contribution is -2.48. The zero-order chi connectivity index (χ0) is 21.6. The first-order valence-electron chi connectivity index (χ1n) is 9.26. The van der Waals surface area contributed by atoms with E-state index in [0.29, 0.717) is 16.3 Å². The predicted molar refractivity (Wildman–Crippen MR) is 117 cm³/mol. The molecule has 154 valence electrons. The number of benzene rings is 2. The molecule has 1 N–H and O–H groups in total. The summed E-state index contributed by atoms with van der Waals surface area (Å²) in [6, 6.07) is 13.0. The van der Waals surface area contributed by atoms with E-state index in [9.17, 15) is 14.4 Å². The Morgan fingerprint density at radius 2 is 1.93 bits per heavy atom. The Balaban J connectivity index is 1.84. The molecule has 7 nitrogen and oxygen atoms in total. The molecule has 0 aliphatic carbocycles. The van der Waals surface area contributed by atoms with Crippen LogP contribution in [0.2, 0.25) is 5.02 Å². The fraction of sp³-hybridized carbons (Fsp3) is 0.238. The highest BCUT2D eigenvalue weighted by Gasteiger charge is 2.61. The molecule has 2 aromatic rings. The average molecular weight is 443 g/mol. The molecule has 3 amide bonds. The van der Waals surface area contributed by atoms with Crippen LogP contribution in [-0.2, 0) is 25.8 Å². The van der Waals surface area contributed by atoms with Gasteiger partial charge in [0.15, 0.2) is 5.17 Å². The number of carbonyl (C=O) groups excluding carboxylic acids is 3. The molecular formula is C21H19ClN4O3S. The Bertz CT molecular complexity index is 1120. The third-order valence-electron chi connectivity index (χ3n) is 4.94. The molecule has 2 aromatic carbocycles. The van der Waals surface area contributed by atoms with E-state index in [1.54, 1.807) is 11.0 Å². The Hall–Kier alpha value is -2.84. The van der Waals surface area contributed by atoms with Gasteiger partial charge in [-0.3, -0.25) is 14.4 Å². The van der Waals surface area contributed by atoms with Crippen LogP contribution in [0.4, 0.5) is 5.69 Å². The number of nitrogens with one attached hydrogen (secondary N) is 1. The third-order valence-corrected chi connectivity index (χ3v) is 6.55. The van der Waals surface area contributed by atoms with Crippen molar-refractivity contribution in [2.75, 3.05) is 4.90 Å². The number of nitrogens with zero attached hydrogens (tertiary/aromatic N) is 3. The lowest BCUT2D eigenvalue weighted by molar-refractivity contribution is -0.139. The van der Waals surface area contributed by atoms with E-state index in [1.807, 2.05) is 43.3 Å². The van der Waals surface area contributed by atoms with E-state index < -0.39 is 10.8 Å². The van der Waals surface area contributed by atoms with E-state index in [4.69, 9.17) is 11.6 Å². The molecule has 0 unspecified atom stereocenters. The highest BCUT2D eigenvalue weighted by molar-refractivity contribution is 8.15. The van der Waals surface area contributed by atoms with Crippen molar-refractivity contribution in [1.82, 2.24) is 10.3 Å². The van der Waals surface area contributed by atoms with Crippen LogP contribution in [0.25, 0.3) is 0 Å². The Morgan fingerprint density at radius 3 is 2.60 bits per heavy atom. The fourth-order valence-corrected chi connectivity index (χ4v) is 5.20. The highest BCUT2D eigenvalue weighted by Crippen LogP contribution is 2.55. The molecular weight excluding hydrogens is 424 g/mol. The van der Waals surface area contributed by atoms with E-state index in [0.717, 1.165) is 27.9 Å². The maximum Gasteiger partial charge on any atom is 0.271 e. The first-order valence-corrected chi connectivity index (χ1v) is 10.5. The first-order chi connectivity index (χ1) is 14.2. The number of aryl methyl sites for hydroxylation is 1. The van der Waals surface area contributed by atoms with Gasteiger partial charge in [0.25, 0.3) is 5.91 Å². The van der Waals surface area contributed by atoms with Gasteiger partial charge in [-0.15, -0.1) is 5.10 Å². The molecule has 0 saturated carbocycles. The Labute approximate surface area is 183 Å². The maximum absolute atomic E-state index is 13.8. The maximum atomic E-state index is 13.8. The molecule has 30 heavy (non-hydrogen) atoms. The van der Waals surface area contributed by atoms with Gasteiger partial charge in [-0.1, -0.05) is 47.5 Å². The number of anilines is 1. The molecule has 2 aliphatic heterocycles. The van der Waals surface area contributed by atoms with Crippen LogP contribution in [0.3, 0.4) is 0 Å². The van der Waals surface area contributed by atoms with Gasteiger partial charge >= 0.3 is 0 Å². The number of fused-ring (bicyclic) bond motifs is 2. The van der Waals surface area contributed by atoms with Crippen LogP contribution in [0, 0.1) is 6.92 Å². The second-order valence-electron chi connectivity index (χ2n) is 7.17. The SMILES string of the molecule is CC(=O)NC1=NN(C(C)=O)[C@]2(S1)C(=O)N(Cc1ccccc1Cl)c1ccc(C)cc12. The average Bonchev–Trinajstić information content (AvgIpc) is 3.16. The van der Waals surface area contributed by atoms with E-state index in [2.05, 4.69) is 10.4 Å². The zero-order valence-electron chi connectivity index (χ0n) is 16.6. The number of halogens is 1. The molecule has 0 bridgehead atoms. The summed E-state index contributed by atoms with van der Waals surface area (Å²) in [5, 5.41) is 8.79. The van der Waals surface area contributed by atoms with Gasteiger partial charge in [0, 0.05) is 24.4 Å². The van der Waals surface area contributed by atoms with Crippen LogP contribution in [0.5, 0.6) is 0 Å². The molecule has 2 aliphatic rings. The number of carbonyl (C=O) groups is 3. The summed E-state index contributed by atoms with van der Waals surface area (Å²) in [6.45, 7) is 4.87. The smallest absolute Gasteiger partial charge is 0.271 e. The topological polar surface area (TPSA) is 82.1 Å². The molecule has 2 heterocycles. The van der Waals surface area contributed by atoms with Crippen molar-refractivity contribution in [3.05, 3.63) is 64.2 Å². The van der Waals surface area contributed by atoms with Gasteiger partial charge in [-0.2, -0.15) is 5.01 Å². The molecule has 0 radical (unpaired) electrons. The second kappa shape index (κ2) is 7.45. The summed E-state index contributed by atoms with van der Waals surface area (Å²) >= 11 is 7.40. The number of hydrazone groups is 1. The lowest BCUT2D eigenvalue weighted by Gasteiger charge is -2.29. The van der Waals surface area contributed by atoms with Crippen molar-refractivity contribution in [2.24, 2.45) is 5.10 Å². The van der Waals surface area contributed by atoms with Gasteiger partial charge in [-0.25, -0.2) is 0 Å². The molecule has 0 aromatic heterocycles. The Morgan fingerprint density at radius 1 is 1.20 bits per heavy atom. The summed E-state index contributed by atoms with van der Waals surface area (Å²) in [4.78, 5) is 38.1. The van der Waals surface area contributed by atoms with Crippen molar-refractivity contribution >= 4 is 51.9 Å². The lowest BCUT2D eigenvalue weighted by atomic mass is 10.0. The van der Waals surface area contributed by atoms with Crippen LogP contribution in [-0.4, -0.2) is 27.9 Å². The minimum atomic E-state index is -1.41. The number of amidine groups is 1. The molecule has 1 spiro atoms. The van der Waals surface area contributed by atoms with Gasteiger partial charge < -0.3 is 10.2 Å². The zero-order valence-corrected chi connectivity index (χ0v) is 18.2. The summed E-state index contributed by atoms with van der Waals surface area (Å²) in [5.41, 5.74) is 3.07. The largest absolute Gasteiger partial charge is 0.304 e. The Kier molecular flexibility index (Phi) is 5.07. The first kappa shape index (κ1) is 20.4. The van der Waals surface area contributed by atoms with Gasteiger partial charge in [0.2, 0.25) is 16.7 Å². The van der Waals surface area contributed by atoms with Crippen LogP contribution < -0.4 is 10.2 Å². The van der Waals surface area contributed by atoms with Gasteiger partial charge in [0.1, 0.15) is 0 Å². The molecule has 0 saturated heterocycles. The minimum Gasteiger partial charge on any atom is -0.304 e. The second-order valence-corrected chi connectivity index (χ2v) is 8.76.